The lowest BCUT2D eigenvalue weighted by atomic mass is 9.77. The van der Waals surface area contributed by atoms with Crippen LogP contribution in [0.25, 0.3) is 0 Å². The maximum absolute atomic E-state index is 12.4. The topological polar surface area (TPSA) is 117 Å². The van der Waals surface area contributed by atoms with Gasteiger partial charge in [-0.25, -0.2) is 0 Å². The smallest absolute Gasteiger partial charge is 0.489 e. The third-order valence-corrected chi connectivity index (χ3v) is 5.00. The van der Waals surface area contributed by atoms with Gasteiger partial charge in [0.05, 0.1) is 18.9 Å². The van der Waals surface area contributed by atoms with E-state index in [0.29, 0.717) is 19.3 Å². The molecule has 0 saturated carbocycles. The quantitative estimate of drug-likeness (QED) is 0.471. The third-order valence-electron chi connectivity index (χ3n) is 5.00. The van der Waals surface area contributed by atoms with Gasteiger partial charge < -0.3 is 24.9 Å². The average Bonchev–Trinajstić information content (AvgIpc) is 3.40. The Labute approximate surface area is 167 Å². The largest absolute Gasteiger partial charge is 0.493 e. The predicted molar refractivity (Wildman–Crippen MR) is 106 cm³/mol. The Morgan fingerprint density at radius 1 is 1.28 bits per heavy atom. The Bertz CT molecular complexity index is 991. The Balaban J connectivity index is 1.35. The number of carbonyl (C=O) groups excluding carboxylic acids is 2. The lowest BCUT2D eigenvalue weighted by molar-refractivity contribution is 0.0753. The summed E-state index contributed by atoms with van der Waals surface area (Å²) in [6.07, 6.45) is 1.64. The summed E-state index contributed by atoms with van der Waals surface area (Å²) in [7, 11) is -1.78. The van der Waals surface area contributed by atoms with E-state index in [1.165, 1.54) is 18.2 Å². The first kappa shape index (κ1) is 19.2. The molecule has 4 rings (SSSR count). The van der Waals surface area contributed by atoms with E-state index < -0.39 is 7.12 Å². The summed E-state index contributed by atoms with van der Waals surface area (Å²) in [4.78, 5) is 28.9. The summed E-state index contributed by atoms with van der Waals surface area (Å²) in [5.74, 6) is 0.519. The number of rotatable bonds is 6. The first-order valence-corrected chi connectivity index (χ1v) is 9.27. The molecule has 2 aromatic carbocycles. The number of benzene rings is 2. The zero-order valence-corrected chi connectivity index (χ0v) is 15.5. The zero-order chi connectivity index (χ0) is 20.4. The molecule has 2 heterocycles. The average molecular weight is 394 g/mol. The Kier molecular flexibility index (Phi) is 5.33. The summed E-state index contributed by atoms with van der Waals surface area (Å²) in [5.41, 5.74) is 3.31. The molecule has 0 radical (unpaired) electrons. The molecule has 0 spiro atoms. The van der Waals surface area contributed by atoms with Crippen LogP contribution in [0.3, 0.4) is 0 Å². The van der Waals surface area contributed by atoms with Crippen molar-refractivity contribution in [2.45, 2.75) is 18.9 Å². The SMILES string of the molecule is O=Cc1cc(C(=O)NCC2CC(c3ccc4c(c3)CCO4)=NO2)ccc1B(O)O. The van der Waals surface area contributed by atoms with Crippen LogP contribution < -0.4 is 15.5 Å². The number of hydrogen-bond donors (Lipinski definition) is 3. The number of carbonyl (C=O) groups is 2. The molecule has 1 unspecified atom stereocenters. The standard InChI is InChI=1S/C20H19BN2O6/c24-11-15-8-14(1-3-17(15)21(26)27)20(25)22-10-16-9-18(23-29-16)12-2-4-19-13(7-12)5-6-28-19/h1-4,7-8,11,16,26-27H,5-6,9-10H2,(H,22,25). The van der Waals surface area contributed by atoms with Crippen LogP contribution in [-0.4, -0.2) is 54.3 Å². The molecule has 0 aromatic heterocycles. The van der Waals surface area contributed by atoms with Gasteiger partial charge in [0.25, 0.3) is 5.91 Å². The highest BCUT2D eigenvalue weighted by Crippen LogP contribution is 2.27. The summed E-state index contributed by atoms with van der Waals surface area (Å²) in [6.45, 7) is 0.946. The fourth-order valence-electron chi connectivity index (χ4n) is 3.44. The summed E-state index contributed by atoms with van der Waals surface area (Å²) in [5, 5.41) is 25.4. The van der Waals surface area contributed by atoms with Gasteiger partial charge in [0, 0.05) is 24.0 Å². The van der Waals surface area contributed by atoms with Crippen LogP contribution in [-0.2, 0) is 11.3 Å². The molecule has 3 N–H and O–H groups in total. The van der Waals surface area contributed by atoms with Gasteiger partial charge >= 0.3 is 7.12 Å². The number of nitrogens with one attached hydrogen (secondary N) is 1. The first-order chi connectivity index (χ1) is 14.0. The van der Waals surface area contributed by atoms with Crippen molar-refractivity contribution in [2.24, 2.45) is 5.16 Å². The Morgan fingerprint density at radius 3 is 2.93 bits per heavy atom. The van der Waals surface area contributed by atoms with E-state index in [9.17, 15) is 19.6 Å². The van der Waals surface area contributed by atoms with E-state index in [4.69, 9.17) is 9.57 Å². The van der Waals surface area contributed by atoms with Crippen molar-refractivity contribution in [1.82, 2.24) is 5.32 Å². The van der Waals surface area contributed by atoms with Gasteiger partial charge in [-0.3, -0.25) is 9.59 Å². The molecule has 2 aliphatic heterocycles. The molecule has 1 atom stereocenters. The van der Waals surface area contributed by atoms with Gasteiger partial charge in [-0.15, -0.1) is 0 Å². The molecule has 148 valence electrons. The van der Waals surface area contributed by atoms with Crippen LogP contribution in [0.1, 0.15) is 38.3 Å². The van der Waals surface area contributed by atoms with Crippen molar-refractivity contribution in [3.8, 4) is 5.75 Å². The van der Waals surface area contributed by atoms with Crippen molar-refractivity contribution in [3.63, 3.8) is 0 Å². The summed E-state index contributed by atoms with van der Waals surface area (Å²) in [6, 6.07) is 10.0. The third kappa shape index (κ3) is 4.01. The van der Waals surface area contributed by atoms with Gasteiger partial charge in [0.1, 0.15) is 18.1 Å². The highest BCUT2D eigenvalue weighted by Gasteiger charge is 2.25. The minimum absolute atomic E-state index is 0.0495. The molecular weight excluding hydrogens is 375 g/mol. The number of aldehydes is 1. The second kappa shape index (κ2) is 8.06. The van der Waals surface area contributed by atoms with E-state index in [1.54, 1.807) is 0 Å². The second-order valence-corrected chi connectivity index (χ2v) is 6.94. The first-order valence-electron chi connectivity index (χ1n) is 9.27. The fourth-order valence-corrected chi connectivity index (χ4v) is 3.44. The maximum Gasteiger partial charge on any atom is 0.489 e. The number of ether oxygens (including phenoxy) is 1. The van der Waals surface area contributed by atoms with Gasteiger partial charge in [-0.2, -0.15) is 0 Å². The molecule has 2 aromatic rings. The van der Waals surface area contributed by atoms with Crippen LogP contribution in [0.5, 0.6) is 5.75 Å². The molecular formula is C20H19BN2O6. The van der Waals surface area contributed by atoms with E-state index in [-0.39, 0.29) is 35.1 Å². The number of nitrogens with zero attached hydrogens (tertiary/aromatic N) is 1. The van der Waals surface area contributed by atoms with E-state index in [0.717, 1.165) is 29.0 Å². The predicted octanol–water partition coefficient (Wildman–Crippen LogP) is 0.0368. The lowest BCUT2D eigenvalue weighted by Gasteiger charge is -2.11. The van der Waals surface area contributed by atoms with Crippen LogP contribution in [0.15, 0.2) is 41.6 Å². The zero-order valence-electron chi connectivity index (χ0n) is 15.5. The van der Waals surface area contributed by atoms with Crippen LogP contribution in [0.4, 0.5) is 0 Å². The van der Waals surface area contributed by atoms with Crippen LogP contribution in [0, 0.1) is 0 Å². The summed E-state index contributed by atoms with van der Waals surface area (Å²) >= 11 is 0. The van der Waals surface area contributed by atoms with Gasteiger partial charge in [0.2, 0.25) is 0 Å². The van der Waals surface area contributed by atoms with E-state index in [2.05, 4.69) is 16.5 Å². The Hall–Kier alpha value is -3.17. The molecule has 8 nitrogen and oxygen atoms in total. The van der Waals surface area contributed by atoms with Crippen molar-refractivity contribution < 1.29 is 29.2 Å². The molecule has 0 saturated heterocycles. The highest BCUT2D eigenvalue weighted by atomic mass is 16.6. The Morgan fingerprint density at radius 2 is 2.14 bits per heavy atom. The number of hydrogen-bond acceptors (Lipinski definition) is 7. The minimum Gasteiger partial charge on any atom is -0.493 e. The molecule has 0 bridgehead atoms. The van der Waals surface area contributed by atoms with Crippen LogP contribution >= 0.6 is 0 Å². The van der Waals surface area contributed by atoms with E-state index >= 15 is 0 Å². The second-order valence-electron chi connectivity index (χ2n) is 6.94. The monoisotopic (exact) mass is 394 g/mol. The van der Waals surface area contributed by atoms with Crippen LogP contribution in [0.2, 0.25) is 0 Å². The molecule has 9 heteroatoms. The molecule has 2 aliphatic rings. The number of amides is 1. The minimum atomic E-state index is -1.78. The number of fused-ring (bicyclic) bond motifs is 1. The lowest BCUT2D eigenvalue weighted by Crippen LogP contribution is -2.35. The molecule has 0 aliphatic carbocycles. The van der Waals surface area contributed by atoms with Gasteiger partial charge in [-0.1, -0.05) is 11.2 Å². The van der Waals surface area contributed by atoms with Gasteiger partial charge in [0.15, 0.2) is 0 Å². The molecule has 1 amide bonds. The fraction of sp³-hybridized carbons (Fsp3) is 0.250. The van der Waals surface area contributed by atoms with Crippen molar-refractivity contribution >= 4 is 30.5 Å². The van der Waals surface area contributed by atoms with Gasteiger partial charge in [-0.05, 0) is 46.9 Å². The van der Waals surface area contributed by atoms with Crippen molar-refractivity contribution in [1.29, 1.82) is 0 Å². The maximum atomic E-state index is 12.4. The normalized spacial score (nSPS) is 17.0. The van der Waals surface area contributed by atoms with Crippen molar-refractivity contribution in [2.75, 3.05) is 13.2 Å². The van der Waals surface area contributed by atoms with Crippen molar-refractivity contribution in [3.05, 3.63) is 58.7 Å². The highest BCUT2D eigenvalue weighted by molar-refractivity contribution is 6.60. The summed E-state index contributed by atoms with van der Waals surface area (Å²) < 4.78 is 5.51. The van der Waals surface area contributed by atoms with E-state index in [1.807, 2.05) is 12.1 Å². The molecule has 29 heavy (non-hydrogen) atoms. The number of oxime groups is 1. The molecule has 0 fully saturated rings.